The fourth-order valence-electron chi connectivity index (χ4n) is 2.31. The van der Waals surface area contributed by atoms with Crippen molar-refractivity contribution in [3.63, 3.8) is 0 Å². The van der Waals surface area contributed by atoms with Crippen LogP contribution in [0.5, 0.6) is 0 Å². The lowest BCUT2D eigenvalue weighted by atomic mass is 9.86. The van der Waals surface area contributed by atoms with Gasteiger partial charge in [0.05, 0.1) is 5.75 Å². The highest BCUT2D eigenvalue weighted by Crippen LogP contribution is 2.31. The number of nitrogens with zero attached hydrogens (tertiary/aromatic N) is 2. The molecule has 0 amide bonds. The molecule has 1 fully saturated rings. The molecular formula is C12H21N3OS. The van der Waals surface area contributed by atoms with Crippen LogP contribution in [0.25, 0.3) is 0 Å². The van der Waals surface area contributed by atoms with Crippen molar-refractivity contribution >= 4 is 11.8 Å². The van der Waals surface area contributed by atoms with Gasteiger partial charge in [-0.05, 0) is 38.5 Å². The normalized spacial score (nSPS) is 25.1. The Hall–Kier alpha value is -0.550. The summed E-state index contributed by atoms with van der Waals surface area (Å²) in [5.74, 6) is 4.14. The fraction of sp³-hybridized carbons (Fsp3) is 0.833. The second-order valence-electron chi connectivity index (χ2n) is 4.52. The first kappa shape index (κ1) is 12.9. The predicted octanol–water partition coefficient (Wildman–Crippen LogP) is 2.57. The van der Waals surface area contributed by atoms with Gasteiger partial charge < -0.3 is 9.84 Å². The molecule has 1 heterocycles. The number of thioether (sulfide) groups is 1. The van der Waals surface area contributed by atoms with Crippen LogP contribution in [0.4, 0.5) is 0 Å². The standard InChI is InChI=1S/C12H21N3OS/c1-3-17-8-11-14-12(16-15-11)9-4-6-10(13-2)7-5-9/h9-10,13H,3-8H2,1-2H3. The van der Waals surface area contributed by atoms with Gasteiger partial charge in [-0.1, -0.05) is 12.1 Å². The molecule has 1 saturated carbocycles. The predicted molar refractivity (Wildman–Crippen MR) is 70.2 cm³/mol. The van der Waals surface area contributed by atoms with Crippen LogP contribution in [-0.4, -0.2) is 29.0 Å². The van der Waals surface area contributed by atoms with Gasteiger partial charge in [-0.15, -0.1) is 0 Å². The van der Waals surface area contributed by atoms with Crippen LogP contribution < -0.4 is 5.32 Å². The SMILES string of the molecule is CCSCc1noc(C2CCC(NC)CC2)n1. The number of aromatic nitrogens is 2. The van der Waals surface area contributed by atoms with Crippen LogP contribution in [0, 0.1) is 0 Å². The highest BCUT2D eigenvalue weighted by molar-refractivity contribution is 7.98. The molecule has 1 aliphatic carbocycles. The number of nitrogens with one attached hydrogen (secondary N) is 1. The molecule has 96 valence electrons. The van der Waals surface area contributed by atoms with Crippen LogP contribution in [-0.2, 0) is 5.75 Å². The summed E-state index contributed by atoms with van der Waals surface area (Å²) < 4.78 is 5.38. The van der Waals surface area contributed by atoms with E-state index >= 15 is 0 Å². The number of hydrogen-bond acceptors (Lipinski definition) is 5. The van der Waals surface area contributed by atoms with Crippen molar-refractivity contribution in [2.24, 2.45) is 0 Å². The van der Waals surface area contributed by atoms with E-state index in [4.69, 9.17) is 4.52 Å². The van der Waals surface area contributed by atoms with Crippen molar-refractivity contribution < 1.29 is 4.52 Å². The van der Waals surface area contributed by atoms with Gasteiger partial charge >= 0.3 is 0 Å². The van der Waals surface area contributed by atoms with Crippen LogP contribution >= 0.6 is 11.8 Å². The Balaban J connectivity index is 1.87. The Morgan fingerprint density at radius 2 is 2.12 bits per heavy atom. The van der Waals surface area contributed by atoms with Gasteiger partial charge in [-0.3, -0.25) is 0 Å². The molecule has 0 aliphatic heterocycles. The average Bonchev–Trinajstić information content (AvgIpc) is 2.85. The zero-order chi connectivity index (χ0) is 12.1. The molecule has 2 rings (SSSR count). The van der Waals surface area contributed by atoms with Crippen LogP contribution in [0.2, 0.25) is 0 Å². The summed E-state index contributed by atoms with van der Waals surface area (Å²) in [7, 11) is 2.04. The lowest BCUT2D eigenvalue weighted by Crippen LogP contribution is -2.29. The summed E-state index contributed by atoms with van der Waals surface area (Å²) in [5, 5.41) is 7.38. The van der Waals surface area contributed by atoms with Crippen LogP contribution in [0.1, 0.15) is 50.2 Å². The third kappa shape index (κ3) is 3.45. The first-order valence-electron chi connectivity index (χ1n) is 6.41. The third-order valence-electron chi connectivity index (χ3n) is 3.40. The maximum Gasteiger partial charge on any atom is 0.229 e. The molecule has 0 radical (unpaired) electrons. The van der Waals surface area contributed by atoms with Crippen molar-refractivity contribution in [1.82, 2.24) is 15.5 Å². The monoisotopic (exact) mass is 255 g/mol. The Morgan fingerprint density at radius 3 is 2.76 bits per heavy atom. The molecule has 17 heavy (non-hydrogen) atoms. The number of rotatable bonds is 5. The summed E-state index contributed by atoms with van der Waals surface area (Å²) in [6.45, 7) is 2.14. The fourth-order valence-corrected chi connectivity index (χ4v) is 2.82. The smallest absolute Gasteiger partial charge is 0.229 e. The minimum atomic E-state index is 0.479. The Labute approximate surface area is 107 Å². The van der Waals surface area contributed by atoms with Crippen molar-refractivity contribution in [1.29, 1.82) is 0 Å². The molecule has 0 saturated heterocycles. The van der Waals surface area contributed by atoms with Crippen molar-refractivity contribution in [2.45, 2.75) is 50.3 Å². The quantitative estimate of drug-likeness (QED) is 0.876. The molecule has 0 bridgehead atoms. The largest absolute Gasteiger partial charge is 0.339 e. The molecule has 1 aromatic heterocycles. The van der Waals surface area contributed by atoms with Crippen molar-refractivity contribution in [3.8, 4) is 0 Å². The zero-order valence-corrected chi connectivity index (χ0v) is 11.4. The topological polar surface area (TPSA) is 51.0 Å². The summed E-state index contributed by atoms with van der Waals surface area (Å²) in [5.41, 5.74) is 0. The summed E-state index contributed by atoms with van der Waals surface area (Å²) in [4.78, 5) is 4.50. The van der Waals surface area contributed by atoms with Gasteiger partial charge in [-0.2, -0.15) is 16.7 Å². The molecule has 1 N–H and O–H groups in total. The number of hydrogen-bond donors (Lipinski definition) is 1. The molecule has 1 aromatic rings. The minimum Gasteiger partial charge on any atom is -0.339 e. The van der Waals surface area contributed by atoms with Crippen LogP contribution in [0.15, 0.2) is 4.52 Å². The maximum absolute atomic E-state index is 5.38. The Bertz CT molecular complexity index is 334. The second kappa shape index (κ2) is 6.40. The third-order valence-corrected chi connectivity index (χ3v) is 4.27. The van der Waals surface area contributed by atoms with E-state index in [1.54, 1.807) is 0 Å². The zero-order valence-electron chi connectivity index (χ0n) is 10.6. The van der Waals surface area contributed by atoms with E-state index in [0.29, 0.717) is 12.0 Å². The van der Waals surface area contributed by atoms with E-state index in [1.165, 1.54) is 12.8 Å². The minimum absolute atomic E-state index is 0.479. The summed E-state index contributed by atoms with van der Waals surface area (Å²) >= 11 is 1.83. The Kier molecular flexibility index (Phi) is 4.86. The molecule has 0 unspecified atom stereocenters. The van der Waals surface area contributed by atoms with Gasteiger partial charge in [0.2, 0.25) is 5.89 Å². The lowest BCUT2D eigenvalue weighted by molar-refractivity contribution is 0.288. The average molecular weight is 255 g/mol. The van der Waals surface area contributed by atoms with E-state index in [-0.39, 0.29) is 0 Å². The van der Waals surface area contributed by atoms with E-state index in [0.717, 1.165) is 36.1 Å². The van der Waals surface area contributed by atoms with Gasteiger partial charge in [0.15, 0.2) is 5.82 Å². The molecule has 5 heteroatoms. The molecule has 4 nitrogen and oxygen atoms in total. The van der Waals surface area contributed by atoms with Crippen molar-refractivity contribution in [3.05, 3.63) is 11.7 Å². The molecule has 1 aliphatic rings. The van der Waals surface area contributed by atoms with Crippen molar-refractivity contribution in [2.75, 3.05) is 12.8 Å². The van der Waals surface area contributed by atoms with Gasteiger partial charge in [0.1, 0.15) is 0 Å². The molecular weight excluding hydrogens is 234 g/mol. The molecule has 0 aromatic carbocycles. The highest BCUT2D eigenvalue weighted by Gasteiger charge is 2.25. The van der Waals surface area contributed by atoms with Gasteiger partial charge in [0, 0.05) is 12.0 Å². The summed E-state index contributed by atoms with van der Waals surface area (Å²) in [6.07, 6.45) is 4.74. The van der Waals surface area contributed by atoms with Gasteiger partial charge in [-0.25, -0.2) is 0 Å². The lowest BCUT2D eigenvalue weighted by Gasteiger charge is -2.25. The van der Waals surface area contributed by atoms with E-state index in [1.807, 2.05) is 18.8 Å². The van der Waals surface area contributed by atoms with E-state index in [9.17, 15) is 0 Å². The van der Waals surface area contributed by atoms with Gasteiger partial charge in [0.25, 0.3) is 0 Å². The van der Waals surface area contributed by atoms with E-state index < -0.39 is 0 Å². The maximum atomic E-state index is 5.38. The molecule has 0 spiro atoms. The van der Waals surface area contributed by atoms with Crippen LogP contribution in [0.3, 0.4) is 0 Å². The van der Waals surface area contributed by atoms with E-state index in [2.05, 4.69) is 22.4 Å². The first-order chi connectivity index (χ1) is 8.33. The molecule has 0 atom stereocenters. The Morgan fingerprint density at radius 1 is 1.35 bits per heavy atom. The summed E-state index contributed by atoms with van der Waals surface area (Å²) in [6, 6.07) is 0.671. The first-order valence-corrected chi connectivity index (χ1v) is 7.56. The highest BCUT2D eigenvalue weighted by atomic mass is 32.2. The second-order valence-corrected chi connectivity index (χ2v) is 5.80.